The molecule has 0 radical (unpaired) electrons. The van der Waals surface area contributed by atoms with Crippen LogP contribution in [0.5, 0.6) is 11.5 Å². The van der Waals surface area contributed by atoms with Gasteiger partial charge in [0.05, 0.1) is 31.2 Å². The van der Waals surface area contributed by atoms with Gasteiger partial charge in [0, 0.05) is 23.0 Å². The van der Waals surface area contributed by atoms with Crippen molar-refractivity contribution in [1.29, 1.82) is 5.26 Å². The average molecular weight is 431 g/mol. The maximum atomic E-state index is 12.4. The predicted octanol–water partition coefficient (Wildman–Crippen LogP) is 4.91. The number of hydrogen-bond acceptors (Lipinski definition) is 8. The van der Waals surface area contributed by atoms with Crippen LogP contribution in [0.4, 0.5) is 5.69 Å². The van der Waals surface area contributed by atoms with E-state index in [1.54, 1.807) is 62.2 Å². The summed E-state index contributed by atoms with van der Waals surface area (Å²) in [7, 11) is 3.13. The van der Waals surface area contributed by atoms with E-state index in [0.29, 0.717) is 44.6 Å². The molecule has 0 saturated heterocycles. The van der Waals surface area contributed by atoms with Gasteiger partial charge in [-0.3, -0.25) is 0 Å². The highest BCUT2D eigenvalue weighted by Crippen LogP contribution is 2.30. The summed E-state index contributed by atoms with van der Waals surface area (Å²) in [4.78, 5) is 16.9. The molecule has 0 saturated carbocycles. The van der Waals surface area contributed by atoms with Gasteiger partial charge in [-0.1, -0.05) is 18.2 Å². The molecule has 0 fully saturated rings. The molecule has 2 aromatic heterocycles. The Labute approximate surface area is 181 Å². The quantitative estimate of drug-likeness (QED) is 0.342. The number of hydrogen-bond donors (Lipinski definition) is 1. The van der Waals surface area contributed by atoms with Gasteiger partial charge in [0.2, 0.25) is 0 Å². The number of nitrogens with zero attached hydrogens (tertiary/aromatic N) is 2. The van der Waals surface area contributed by atoms with Crippen LogP contribution in [0.15, 0.2) is 69.3 Å². The van der Waals surface area contributed by atoms with Crippen molar-refractivity contribution in [1.82, 2.24) is 4.98 Å². The lowest BCUT2D eigenvalue weighted by Crippen LogP contribution is -2.03. The number of rotatable bonds is 6. The minimum atomic E-state index is -0.475. The number of methoxy groups -OCH3 is 2. The van der Waals surface area contributed by atoms with Crippen LogP contribution in [0, 0.1) is 11.3 Å². The van der Waals surface area contributed by atoms with E-state index in [4.69, 9.17) is 13.9 Å². The number of nitriles is 1. The first-order valence-electron chi connectivity index (χ1n) is 9.21. The third-order valence-electron chi connectivity index (χ3n) is 4.55. The lowest BCUT2D eigenvalue weighted by atomic mass is 10.1. The maximum absolute atomic E-state index is 12.4. The number of para-hydroxylation sites is 1. The first-order chi connectivity index (χ1) is 15.1. The number of allylic oxidation sites excluding steroid dienone is 1. The highest BCUT2D eigenvalue weighted by molar-refractivity contribution is 7.11. The van der Waals surface area contributed by atoms with Crippen LogP contribution in [-0.4, -0.2) is 19.2 Å². The molecule has 2 aromatic carbocycles. The Kier molecular flexibility index (Phi) is 5.69. The summed E-state index contributed by atoms with van der Waals surface area (Å²) in [5.74, 6) is 1.25. The summed E-state index contributed by atoms with van der Waals surface area (Å²) in [6.07, 6.45) is 1.54. The smallest absolute Gasteiger partial charge is 0.345 e. The fraction of sp³-hybridized carbons (Fsp3) is 0.0870. The number of fused-ring (bicyclic) bond motifs is 1. The summed E-state index contributed by atoms with van der Waals surface area (Å²) in [5.41, 5.74) is 1.80. The molecule has 154 valence electrons. The van der Waals surface area contributed by atoms with E-state index in [2.05, 4.69) is 16.4 Å². The Morgan fingerprint density at radius 1 is 1.19 bits per heavy atom. The van der Waals surface area contributed by atoms with Crippen LogP contribution in [-0.2, 0) is 0 Å². The zero-order valence-corrected chi connectivity index (χ0v) is 17.5. The van der Waals surface area contributed by atoms with Gasteiger partial charge in [0.1, 0.15) is 33.7 Å². The van der Waals surface area contributed by atoms with Crippen molar-refractivity contribution in [2.75, 3.05) is 19.5 Å². The number of thiazole rings is 1. The molecule has 31 heavy (non-hydrogen) atoms. The van der Waals surface area contributed by atoms with Crippen LogP contribution in [0.2, 0.25) is 0 Å². The first kappa shape index (κ1) is 20.2. The predicted molar refractivity (Wildman–Crippen MR) is 120 cm³/mol. The summed E-state index contributed by atoms with van der Waals surface area (Å²) in [6, 6.07) is 16.5. The molecular formula is C23H17N3O4S. The topological polar surface area (TPSA) is 97.4 Å². The van der Waals surface area contributed by atoms with Gasteiger partial charge in [-0.2, -0.15) is 5.26 Å². The number of nitrogens with one attached hydrogen (secondary N) is 1. The minimum Gasteiger partial charge on any atom is -0.497 e. The monoisotopic (exact) mass is 431 g/mol. The Hall–Kier alpha value is -4.09. The largest absolute Gasteiger partial charge is 0.497 e. The molecule has 0 aliphatic rings. The molecule has 0 bridgehead atoms. The van der Waals surface area contributed by atoms with E-state index in [0.717, 1.165) is 5.39 Å². The number of anilines is 1. The molecule has 2 heterocycles. The zero-order valence-electron chi connectivity index (χ0n) is 16.7. The normalized spacial score (nSPS) is 11.2. The van der Waals surface area contributed by atoms with Gasteiger partial charge >= 0.3 is 5.63 Å². The van der Waals surface area contributed by atoms with Crippen molar-refractivity contribution in [3.05, 3.63) is 75.5 Å². The second-order valence-electron chi connectivity index (χ2n) is 6.40. The standard InChI is InChI=1S/C23H17N3O4S/c1-28-16-7-8-21(29-2)18(10-16)25-12-15(11-24)22-26-19(13-31-22)17-9-14-5-3-4-6-20(14)30-23(17)27/h3-10,12-13,25H,1-2H3/b15-12-. The Balaban J connectivity index is 1.66. The molecule has 0 aliphatic heterocycles. The highest BCUT2D eigenvalue weighted by atomic mass is 32.1. The molecular weight excluding hydrogens is 414 g/mol. The van der Waals surface area contributed by atoms with Gasteiger partial charge < -0.3 is 19.2 Å². The van der Waals surface area contributed by atoms with Gasteiger partial charge in [0.15, 0.2) is 0 Å². The zero-order chi connectivity index (χ0) is 21.8. The van der Waals surface area contributed by atoms with Gasteiger partial charge in [-0.05, 0) is 24.3 Å². The van der Waals surface area contributed by atoms with Gasteiger partial charge in [-0.25, -0.2) is 9.78 Å². The van der Waals surface area contributed by atoms with Gasteiger partial charge in [-0.15, -0.1) is 11.3 Å². The van der Waals surface area contributed by atoms with Crippen molar-refractivity contribution in [3.63, 3.8) is 0 Å². The Morgan fingerprint density at radius 3 is 2.81 bits per heavy atom. The van der Waals surface area contributed by atoms with E-state index in [9.17, 15) is 10.1 Å². The number of benzene rings is 2. The fourth-order valence-electron chi connectivity index (χ4n) is 2.98. The minimum absolute atomic E-state index is 0.311. The molecule has 0 unspecified atom stereocenters. The van der Waals surface area contributed by atoms with E-state index in [-0.39, 0.29) is 0 Å². The highest BCUT2D eigenvalue weighted by Gasteiger charge is 2.14. The van der Waals surface area contributed by atoms with Crippen LogP contribution in [0.1, 0.15) is 5.01 Å². The van der Waals surface area contributed by atoms with Crippen LogP contribution >= 0.6 is 11.3 Å². The molecule has 1 N–H and O–H groups in total. The van der Waals surface area contributed by atoms with E-state index in [1.807, 2.05) is 12.1 Å². The van der Waals surface area contributed by atoms with Gasteiger partial charge in [0.25, 0.3) is 0 Å². The van der Waals surface area contributed by atoms with Crippen LogP contribution in [0.3, 0.4) is 0 Å². The second kappa shape index (κ2) is 8.73. The second-order valence-corrected chi connectivity index (χ2v) is 7.26. The third-order valence-corrected chi connectivity index (χ3v) is 5.43. The lowest BCUT2D eigenvalue weighted by Gasteiger charge is -2.10. The molecule has 4 rings (SSSR count). The summed E-state index contributed by atoms with van der Waals surface area (Å²) >= 11 is 1.27. The Morgan fingerprint density at radius 2 is 2.03 bits per heavy atom. The van der Waals surface area contributed by atoms with E-state index < -0.39 is 5.63 Å². The first-order valence-corrected chi connectivity index (χ1v) is 10.1. The molecule has 0 atom stereocenters. The Bertz CT molecular complexity index is 1380. The van der Waals surface area contributed by atoms with Crippen molar-refractivity contribution in [2.45, 2.75) is 0 Å². The summed E-state index contributed by atoms with van der Waals surface area (Å²) in [5, 5.41) is 15.7. The van der Waals surface area contributed by atoms with Crippen LogP contribution in [0.25, 0.3) is 27.8 Å². The molecule has 0 spiro atoms. The number of aromatic nitrogens is 1. The van der Waals surface area contributed by atoms with Crippen molar-refractivity contribution < 1.29 is 13.9 Å². The third kappa shape index (κ3) is 4.13. The average Bonchev–Trinajstić information content (AvgIpc) is 3.28. The lowest BCUT2D eigenvalue weighted by molar-refractivity contribution is 0.405. The summed E-state index contributed by atoms with van der Waals surface area (Å²) < 4.78 is 16.0. The van der Waals surface area contributed by atoms with Crippen LogP contribution < -0.4 is 20.4 Å². The van der Waals surface area contributed by atoms with E-state index >= 15 is 0 Å². The molecule has 4 aromatic rings. The van der Waals surface area contributed by atoms with Crippen molar-refractivity contribution in [3.8, 4) is 28.8 Å². The SMILES string of the molecule is COc1ccc(OC)c(N/C=C(/C#N)c2nc(-c3cc4ccccc4oc3=O)cs2)c1. The molecule has 8 heteroatoms. The summed E-state index contributed by atoms with van der Waals surface area (Å²) in [6.45, 7) is 0. The number of ether oxygens (including phenoxy) is 2. The molecule has 7 nitrogen and oxygen atoms in total. The fourth-order valence-corrected chi connectivity index (χ4v) is 3.77. The molecule has 0 amide bonds. The van der Waals surface area contributed by atoms with E-state index in [1.165, 1.54) is 11.3 Å². The molecule has 0 aliphatic carbocycles. The maximum Gasteiger partial charge on any atom is 0.345 e. The van der Waals surface area contributed by atoms with Crippen molar-refractivity contribution >= 4 is 33.6 Å². The van der Waals surface area contributed by atoms with Crippen molar-refractivity contribution in [2.24, 2.45) is 0 Å².